The molecule has 0 spiro atoms. The van der Waals surface area contributed by atoms with Gasteiger partial charge in [-0.05, 0) is 45.8 Å². The Bertz CT molecular complexity index is 317. The van der Waals surface area contributed by atoms with Crippen molar-refractivity contribution in [2.75, 3.05) is 37.7 Å². The highest BCUT2D eigenvalue weighted by atomic mass is 32.2. The van der Waals surface area contributed by atoms with Crippen LogP contribution in [0.5, 0.6) is 0 Å². The molecule has 1 heterocycles. The van der Waals surface area contributed by atoms with Crippen molar-refractivity contribution in [2.24, 2.45) is 0 Å². The fourth-order valence-electron chi connectivity index (χ4n) is 2.41. The summed E-state index contributed by atoms with van der Waals surface area (Å²) in [6.07, 6.45) is 4.82. The summed E-state index contributed by atoms with van der Waals surface area (Å²) >= 11 is 0. The van der Waals surface area contributed by atoms with E-state index in [4.69, 9.17) is 0 Å². The van der Waals surface area contributed by atoms with E-state index in [2.05, 4.69) is 17.1 Å². The van der Waals surface area contributed by atoms with Gasteiger partial charge < -0.3 is 5.32 Å². The van der Waals surface area contributed by atoms with Crippen LogP contribution in [0.15, 0.2) is 0 Å². The van der Waals surface area contributed by atoms with Crippen molar-refractivity contribution in [3.63, 3.8) is 0 Å². The van der Waals surface area contributed by atoms with Gasteiger partial charge in [-0.1, -0.05) is 13.3 Å². The Kier molecular flexibility index (Phi) is 7.19. The normalized spacial score (nSPS) is 24.2. The van der Waals surface area contributed by atoms with Gasteiger partial charge in [-0.2, -0.15) is 0 Å². The fraction of sp³-hybridized carbons (Fsp3) is 1.00. The van der Waals surface area contributed by atoms with Crippen molar-refractivity contribution in [2.45, 2.75) is 45.6 Å². The van der Waals surface area contributed by atoms with Gasteiger partial charge in [0.15, 0.2) is 9.84 Å². The third-order valence-corrected chi connectivity index (χ3v) is 5.33. The summed E-state index contributed by atoms with van der Waals surface area (Å²) < 4.78 is 22.9. The molecule has 1 N–H and O–H groups in total. The molecule has 1 saturated heterocycles. The van der Waals surface area contributed by atoms with E-state index in [9.17, 15) is 8.42 Å². The lowest BCUT2D eigenvalue weighted by atomic mass is 10.2. The molecule has 18 heavy (non-hydrogen) atoms. The van der Waals surface area contributed by atoms with Crippen LogP contribution >= 0.6 is 0 Å². The quantitative estimate of drug-likeness (QED) is 0.678. The summed E-state index contributed by atoms with van der Waals surface area (Å²) in [5, 5.41) is 3.40. The second-order valence-corrected chi connectivity index (χ2v) is 7.54. The highest BCUT2D eigenvalue weighted by Crippen LogP contribution is 2.12. The van der Waals surface area contributed by atoms with Crippen LogP contribution in [0.2, 0.25) is 0 Å². The molecule has 1 aliphatic rings. The Morgan fingerprint density at radius 2 is 2.00 bits per heavy atom. The van der Waals surface area contributed by atoms with Crippen LogP contribution in [0.3, 0.4) is 0 Å². The molecular formula is C13H28N2O2S. The summed E-state index contributed by atoms with van der Waals surface area (Å²) in [7, 11) is -2.76. The topological polar surface area (TPSA) is 49.4 Å². The largest absolute Gasteiger partial charge is 0.317 e. The zero-order chi connectivity index (χ0) is 13.4. The summed E-state index contributed by atoms with van der Waals surface area (Å²) in [4.78, 5) is 2.32. The summed E-state index contributed by atoms with van der Waals surface area (Å²) in [5.74, 6) is 0.681. The number of hydrogen-bond acceptors (Lipinski definition) is 4. The van der Waals surface area contributed by atoms with Crippen LogP contribution in [-0.4, -0.2) is 57.0 Å². The van der Waals surface area contributed by atoms with Crippen molar-refractivity contribution in [3.8, 4) is 0 Å². The van der Waals surface area contributed by atoms with Crippen LogP contribution in [-0.2, 0) is 9.84 Å². The standard InChI is InChI=1S/C13H28N2O2S/c1-3-7-14-8-5-4-6-9-15-10-11-18(16,17)12-13(15)2/h13-14H,3-12H2,1-2H3. The molecule has 5 heteroatoms. The van der Waals surface area contributed by atoms with E-state index in [1.54, 1.807) is 0 Å². The lowest BCUT2D eigenvalue weighted by molar-refractivity contribution is 0.222. The number of hydrogen-bond donors (Lipinski definition) is 1. The molecule has 1 rings (SSSR count). The first-order valence-corrected chi connectivity index (χ1v) is 9.02. The van der Waals surface area contributed by atoms with E-state index in [0.717, 1.165) is 26.2 Å². The smallest absolute Gasteiger partial charge is 0.153 e. The number of nitrogens with zero attached hydrogens (tertiary/aromatic N) is 1. The van der Waals surface area contributed by atoms with Gasteiger partial charge in [0.1, 0.15) is 0 Å². The lowest BCUT2D eigenvalue weighted by Crippen LogP contribution is -2.47. The number of nitrogens with one attached hydrogen (secondary N) is 1. The van der Waals surface area contributed by atoms with Gasteiger partial charge in [-0.15, -0.1) is 0 Å². The summed E-state index contributed by atoms with van der Waals surface area (Å²) in [5.41, 5.74) is 0. The van der Waals surface area contributed by atoms with Crippen LogP contribution < -0.4 is 5.32 Å². The van der Waals surface area contributed by atoms with Gasteiger partial charge in [0.2, 0.25) is 0 Å². The maximum atomic E-state index is 11.4. The number of unbranched alkanes of at least 4 members (excludes halogenated alkanes) is 2. The van der Waals surface area contributed by atoms with Crippen molar-refractivity contribution >= 4 is 9.84 Å². The highest BCUT2D eigenvalue weighted by Gasteiger charge is 2.27. The van der Waals surface area contributed by atoms with Crippen molar-refractivity contribution < 1.29 is 8.42 Å². The SMILES string of the molecule is CCCNCCCCCN1CCS(=O)(=O)CC1C. The minimum absolute atomic E-state index is 0.196. The molecule has 1 aliphatic heterocycles. The molecule has 0 saturated carbocycles. The molecule has 0 amide bonds. The van der Waals surface area contributed by atoms with Crippen LogP contribution in [0.4, 0.5) is 0 Å². The average Bonchev–Trinajstić information content (AvgIpc) is 2.29. The predicted molar refractivity (Wildman–Crippen MR) is 76.7 cm³/mol. The fourth-order valence-corrected chi connectivity index (χ4v) is 4.03. The molecular weight excluding hydrogens is 248 g/mol. The molecule has 1 atom stereocenters. The van der Waals surface area contributed by atoms with E-state index in [0.29, 0.717) is 11.5 Å². The lowest BCUT2D eigenvalue weighted by Gasteiger charge is -2.33. The Labute approximate surface area is 112 Å². The molecule has 0 aromatic heterocycles. The Hall–Kier alpha value is -0.130. The van der Waals surface area contributed by atoms with Gasteiger partial charge in [0.05, 0.1) is 11.5 Å². The Balaban J connectivity index is 2.06. The highest BCUT2D eigenvalue weighted by molar-refractivity contribution is 7.91. The van der Waals surface area contributed by atoms with Gasteiger partial charge in [-0.25, -0.2) is 8.42 Å². The summed E-state index contributed by atoms with van der Waals surface area (Å²) in [6.45, 7) is 8.19. The zero-order valence-corrected chi connectivity index (χ0v) is 12.6. The van der Waals surface area contributed by atoms with E-state index >= 15 is 0 Å². The summed E-state index contributed by atoms with van der Waals surface area (Å²) in [6, 6.07) is 0.196. The Morgan fingerprint density at radius 3 is 2.67 bits per heavy atom. The first-order valence-electron chi connectivity index (χ1n) is 7.20. The third-order valence-electron chi connectivity index (χ3n) is 3.53. The van der Waals surface area contributed by atoms with E-state index in [1.807, 2.05) is 6.92 Å². The minimum atomic E-state index is -2.76. The van der Waals surface area contributed by atoms with E-state index in [-0.39, 0.29) is 6.04 Å². The minimum Gasteiger partial charge on any atom is -0.317 e. The number of sulfone groups is 1. The van der Waals surface area contributed by atoms with E-state index in [1.165, 1.54) is 25.7 Å². The zero-order valence-electron chi connectivity index (χ0n) is 11.8. The second kappa shape index (κ2) is 8.12. The second-order valence-electron chi connectivity index (χ2n) is 5.31. The van der Waals surface area contributed by atoms with Gasteiger partial charge in [-0.3, -0.25) is 4.90 Å². The van der Waals surface area contributed by atoms with Crippen molar-refractivity contribution in [3.05, 3.63) is 0 Å². The molecule has 1 fully saturated rings. The Morgan fingerprint density at radius 1 is 1.22 bits per heavy atom. The average molecular weight is 276 g/mol. The predicted octanol–water partition coefficient (Wildman–Crippen LogP) is 1.28. The van der Waals surface area contributed by atoms with Gasteiger partial charge >= 0.3 is 0 Å². The van der Waals surface area contributed by atoms with Crippen LogP contribution in [0, 0.1) is 0 Å². The maximum Gasteiger partial charge on any atom is 0.153 e. The molecule has 0 aliphatic carbocycles. The van der Waals surface area contributed by atoms with Gasteiger partial charge in [0, 0.05) is 12.6 Å². The van der Waals surface area contributed by atoms with Crippen LogP contribution in [0.1, 0.15) is 39.5 Å². The monoisotopic (exact) mass is 276 g/mol. The first kappa shape index (κ1) is 15.9. The molecule has 0 bridgehead atoms. The maximum absolute atomic E-state index is 11.4. The first-order chi connectivity index (χ1) is 8.55. The van der Waals surface area contributed by atoms with Crippen LogP contribution in [0.25, 0.3) is 0 Å². The molecule has 4 nitrogen and oxygen atoms in total. The van der Waals surface area contributed by atoms with E-state index < -0.39 is 9.84 Å². The molecule has 1 unspecified atom stereocenters. The van der Waals surface area contributed by atoms with Crippen molar-refractivity contribution in [1.82, 2.24) is 10.2 Å². The molecule has 108 valence electrons. The molecule has 0 radical (unpaired) electrons. The third kappa shape index (κ3) is 6.16. The molecule has 0 aromatic rings. The van der Waals surface area contributed by atoms with Gasteiger partial charge in [0.25, 0.3) is 0 Å². The van der Waals surface area contributed by atoms with Crippen molar-refractivity contribution in [1.29, 1.82) is 0 Å². The molecule has 0 aromatic carbocycles. The number of rotatable bonds is 8.